The van der Waals surface area contributed by atoms with Gasteiger partial charge < -0.3 is 5.32 Å². The Kier molecular flexibility index (Phi) is 5.46. The second-order valence-electron chi connectivity index (χ2n) is 5.54. The van der Waals surface area contributed by atoms with E-state index in [0.29, 0.717) is 0 Å². The van der Waals surface area contributed by atoms with Crippen LogP contribution in [0.3, 0.4) is 0 Å². The van der Waals surface area contributed by atoms with Gasteiger partial charge in [0.1, 0.15) is 0 Å². The number of amides is 1. The first-order valence-corrected chi connectivity index (χ1v) is 7.48. The molecule has 1 amide bonds. The van der Waals surface area contributed by atoms with Gasteiger partial charge in [0.05, 0.1) is 11.8 Å². The highest BCUT2D eigenvalue weighted by molar-refractivity contribution is 5.84. The smallest absolute Gasteiger partial charge is 0.228 e. The topological polar surface area (TPSA) is 72.2 Å². The van der Waals surface area contributed by atoms with Gasteiger partial charge in [0, 0.05) is 12.0 Å². The number of carbonyl (C=O) groups excluding carboxylic acids is 1. The molecule has 0 unspecified atom stereocenters. The van der Waals surface area contributed by atoms with E-state index in [1.807, 2.05) is 61.5 Å². The molecule has 0 saturated carbocycles. The SMILES string of the molecule is CNC(=O)[C@@H](c1ccccc1)[C@H](C[N+](=O)[O-])c1ccc(C)cc1. The molecule has 2 rings (SSSR count). The van der Waals surface area contributed by atoms with Crippen LogP contribution in [0.2, 0.25) is 0 Å². The van der Waals surface area contributed by atoms with Crippen molar-refractivity contribution in [3.05, 3.63) is 81.4 Å². The number of hydrogen-bond donors (Lipinski definition) is 1. The van der Waals surface area contributed by atoms with E-state index in [0.717, 1.165) is 16.7 Å². The number of carbonyl (C=O) groups is 1. The number of likely N-dealkylation sites (N-methyl/N-ethyl adjacent to an activating group) is 1. The van der Waals surface area contributed by atoms with Crippen molar-refractivity contribution in [2.24, 2.45) is 0 Å². The number of nitro groups is 1. The zero-order valence-corrected chi connectivity index (χ0v) is 13.2. The summed E-state index contributed by atoms with van der Waals surface area (Å²) in [5.41, 5.74) is 2.65. The number of rotatable bonds is 6. The van der Waals surface area contributed by atoms with Gasteiger partial charge in [0.25, 0.3) is 0 Å². The molecule has 5 heteroatoms. The fraction of sp³-hybridized carbons (Fsp3) is 0.278. The van der Waals surface area contributed by atoms with Crippen molar-refractivity contribution < 1.29 is 9.72 Å². The lowest BCUT2D eigenvalue weighted by atomic mass is 9.80. The molecule has 1 N–H and O–H groups in total. The summed E-state index contributed by atoms with van der Waals surface area (Å²) < 4.78 is 0. The van der Waals surface area contributed by atoms with Crippen LogP contribution in [0.15, 0.2) is 54.6 Å². The lowest BCUT2D eigenvalue weighted by molar-refractivity contribution is -0.483. The first-order valence-electron chi connectivity index (χ1n) is 7.48. The quantitative estimate of drug-likeness (QED) is 0.658. The van der Waals surface area contributed by atoms with Crippen molar-refractivity contribution in [2.45, 2.75) is 18.8 Å². The summed E-state index contributed by atoms with van der Waals surface area (Å²) in [6.45, 7) is 1.66. The van der Waals surface area contributed by atoms with Gasteiger partial charge in [-0.2, -0.15) is 0 Å². The Morgan fingerprint density at radius 2 is 1.70 bits per heavy atom. The van der Waals surface area contributed by atoms with Gasteiger partial charge in [-0.25, -0.2) is 0 Å². The molecule has 0 aliphatic rings. The first-order chi connectivity index (χ1) is 11.0. The fourth-order valence-corrected chi connectivity index (χ4v) is 2.76. The van der Waals surface area contributed by atoms with E-state index in [2.05, 4.69) is 5.32 Å². The second kappa shape index (κ2) is 7.54. The van der Waals surface area contributed by atoms with Gasteiger partial charge in [-0.3, -0.25) is 14.9 Å². The average molecular weight is 312 g/mol. The molecule has 2 aromatic carbocycles. The normalized spacial score (nSPS) is 13.1. The lowest BCUT2D eigenvalue weighted by Crippen LogP contribution is -2.33. The maximum absolute atomic E-state index is 12.4. The zero-order chi connectivity index (χ0) is 16.8. The van der Waals surface area contributed by atoms with Gasteiger partial charge >= 0.3 is 0 Å². The summed E-state index contributed by atoms with van der Waals surface area (Å²) in [5, 5.41) is 13.8. The van der Waals surface area contributed by atoms with Crippen molar-refractivity contribution in [1.82, 2.24) is 5.32 Å². The number of benzene rings is 2. The van der Waals surface area contributed by atoms with Crippen LogP contribution in [0.25, 0.3) is 0 Å². The van der Waals surface area contributed by atoms with Crippen LogP contribution in [0.1, 0.15) is 28.5 Å². The number of nitrogens with zero attached hydrogens (tertiary/aromatic N) is 1. The molecule has 0 heterocycles. The minimum Gasteiger partial charge on any atom is -0.359 e. The molecule has 0 bridgehead atoms. The Balaban J connectivity index is 2.49. The van der Waals surface area contributed by atoms with E-state index < -0.39 is 11.8 Å². The van der Waals surface area contributed by atoms with Gasteiger partial charge in [-0.05, 0) is 18.1 Å². The maximum atomic E-state index is 12.4. The van der Waals surface area contributed by atoms with Crippen LogP contribution in [-0.2, 0) is 4.79 Å². The first kappa shape index (κ1) is 16.7. The molecule has 0 spiro atoms. The van der Waals surface area contributed by atoms with E-state index in [-0.39, 0.29) is 17.4 Å². The Hall–Kier alpha value is -2.69. The van der Waals surface area contributed by atoms with E-state index >= 15 is 0 Å². The number of nitrogens with one attached hydrogen (secondary N) is 1. The minimum absolute atomic E-state index is 0.219. The van der Waals surface area contributed by atoms with Gasteiger partial charge in [0.15, 0.2) is 0 Å². The standard InChI is InChI=1S/C18H20N2O3/c1-13-8-10-14(11-9-13)16(12-20(22)23)17(18(21)19-2)15-6-4-3-5-7-15/h3-11,16-17H,12H2,1-2H3,(H,19,21)/t16-,17+/m1/s1. The van der Waals surface area contributed by atoms with Crippen LogP contribution in [0.4, 0.5) is 0 Å². The van der Waals surface area contributed by atoms with Crippen LogP contribution < -0.4 is 5.32 Å². The van der Waals surface area contributed by atoms with E-state index in [1.54, 1.807) is 7.05 Å². The fourth-order valence-electron chi connectivity index (χ4n) is 2.76. The Bertz CT molecular complexity index is 668. The molecule has 0 aromatic heterocycles. The van der Waals surface area contributed by atoms with Crippen molar-refractivity contribution in [3.8, 4) is 0 Å². The third kappa shape index (κ3) is 4.16. The predicted octanol–water partition coefficient (Wildman–Crippen LogP) is 2.89. The largest absolute Gasteiger partial charge is 0.359 e. The summed E-state index contributed by atoms with van der Waals surface area (Å²) in [5.74, 6) is -1.34. The predicted molar refractivity (Wildman–Crippen MR) is 89.0 cm³/mol. The second-order valence-corrected chi connectivity index (χ2v) is 5.54. The molecule has 0 radical (unpaired) electrons. The van der Waals surface area contributed by atoms with E-state index in [4.69, 9.17) is 0 Å². The molecule has 0 aliphatic heterocycles. The molecular formula is C18H20N2O3. The van der Waals surface area contributed by atoms with Gasteiger partial charge in [-0.1, -0.05) is 60.2 Å². The van der Waals surface area contributed by atoms with E-state index in [1.165, 1.54) is 0 Å². The molecular weight excluding hydrogens is 292 g/mol. The summed E-state index contributed by atoms with van der Waals surface area (Å²) in [4.78, 5) is 23.3. The van der Waals surface area contributed by atoms with Crippen LogP contribution >= 0.6 is 0 Å². The van der Waals surface area contributed by atoms with Crippen molar-refractivity contribution in [3.63, 3.8) is 0 Å². The van der Waals surface area contributed by atoms with Crippen molar-refractivity contribution >= 4 is 5.91 Å². The zero-order valence-electron chi connectivity index (χ0n) is 13.2. The third-order valence-corrected chi connectivity index (χ3v) is 3.94. The molecule has 5 nitrogen and oxygen atoms in total. The summed E-state index contributed by atoms with van der Waals surface area (Å²) in [6, 6.07) is 16.8. The molecule has 2 aromatic rings. The van der Waals surface area contributed by atoms with Crippen molar-refractivity contribution in [1.29, 1.82) is 0 Å². The molecule has 0 aliphatic carbocycles. The molecule has 0 saturated heterocycles. The summed E-state index contributed by atoms with van der Waals surface area (Å²) >= 11 is 0. The van der Waals surface area contributed by atoms with Crippen LogP contribution in [0, 0.1) is 17.0 Å². The number of aryl methyl sites for hydroxylation is 1. The summed E-state index contributed by atoms with van der Waals surface area (Å²) in [7, 11) is 1.55. The van der Waals surface area contributed by atoms with Crippen LogP contribution in [-0.4, -0.2) is 24.4 Å². The Labute approximate surface area is 135 Å². The highest BCUT2D eigenvalue weighted by Crippen LogP contribution is 2.33. The molecule has 23 heavy (non-hydrogen) atoms. The average Bonchev–Trinajstić information content (AvgIpc) is 2.55. The van der Waals surface area contributed by atoms with E-state index in [9.17, 15) is 14.9 Å². The highest BCUT2D eigenvalue weighted by Gasteiger charge is 2.34. The molecule has 120 valence electrons. The maximum Gasteiger partial charge on any atom is 0.228 e. The minimum atomic E-state index is -0.602. The lowest BCUT2D eigenvalue weighted by Gasteiger charge is -2.24. The summed E-state index contributed by atoms with van der Waals surface area (Å²) in [6.07, 6.45) is 0. The van der Waals surface area contributed by atoms with Gasteiger partial charge in [0.2, 0.25) is 12.5 Å². The monoisotopic (exact) mass is 312 g/mol. The Morgan fingerprint density at radius 3 is 2.22 bits per heavy atom. The highest BCUT2D eigenvalue weighted by atomic mass is 16.6. The molecule has 2 atom stereocenters. The van der Waals surface area contributed by atoms with Crippen molar-refractivity contribution in [2.75, 3.05) is 13.6 Å². The number of hydrogen-bond acceptors (Lipinski definition) is 3. The molecule has 0 fully saturated rings. The Morgan fingerprint density at radius 1 is 1.09 bits per heavy atom. The third-order valence-electron chi connectivity index (χ3n) is 3.94. The van der Waals surface area contributed by atoms with Gasteiger partial charge in [-0.15, -0.1) is 0 Å². The van der Waals surface area contributed by atoms with Crippen LogP contribution in [0.5, 0.6) is 0 Å².